The molecule has 3 aromatic heterocycles. The second-order valence-corrected chi connectivity index (χ2v) is 7.15. The van der Waals surface area contributed by atoms with Crippen LogP contribution in [0, 0.1) is 6.92 Å². The van der Waals surface area contributed by atoms with Gasteiger partial charge >= 0.3 is 0 Å². The van der Waals surface area contributed by atoms with E-state index in [4.69, 9.17) is 9.15 Å². The Kier molecular flexibility index (Phi) is 3.33. The van der Waals surface area contributed by atoms with Crippen LogP contribution < -0.4 is 4.74 Å². The average molecular weight is 361 g/mol. The van der Waals surface area contributed by atoms with Crippen LogP contribution in [0.15, 0.2) is 59.1 Å². The van der Waals surface area contributed by atoms with Gasteiger partial charge in [0.15, 0.2) is 5.82 Å². The highest BCUT2D eigenvalue weighted by Gasteiger charge is 2.14. The number of nitrogens with zero attached hydrogens (tertiary/aromatic N) is 3. The molecule has 0 N–H and O–H groups in total. The molecule has 0 aliphatic heterocycles. The molecule has 5 nitrogen and oxygen atoms in total. The molecule has 128 valence electrons. The van der Waals surface area contributed by atoms with Crippen LogP contribution >= 0.6 is 11.3 Å². The summed E-state index contributed by atoms with van der Waals surface area (Å²) in [5, 5.41) is 5.70. The van der Waals surface area contributed by atoms with E-state index in [0.29, 0.717) is 5.82 Å². The quantitative estimate of drug-likeness (QED) is 0.444. The largest absolute Gasteiger partial charge is 0.497 e. The lowest BCUT2D eigenvalue weighted by Crippen LogP contribution is -1.85. The summed E-state index contributed by atoms with van der Waals surface area (Å²) in [4.78, 5) is 6.49. The molecule has 0 radical (unpaired) electrons. The smallest absolute Gasteiger partial charge is 0.213 e. The van der Waals surface area contributed by atoms with Crippen LogP contribution in [0.3, 0.4) is 0 Å². The van der Waals surface area contributed by atoms with Crippen molar-refractivity contribution in [3.05, 3.63) is 60.3 Å². The molecule has 0 aliphatic carbocycles. The number of fused-ring (bicyclic) bond motifs is 2. The van der Waals surface area contributed by atoms with Crippen LogP contribution in [0.1, 0.15) is 5.56 Å². The summed E-state index contributed by atoms with van der Waals surface area (Å²) in [6, 6.07) is 16.0. The zero-order valence-electron chi connectivity index (χ0n) is 14.3. The number of aryl methyl sites for hydroxylation is 1. The Morgan fingerprint density at radius 2 is 1.92 bits per heavy atom. The topological polar surface area (TPSA) is 52.6 Å². The number of hydrogen-bond donors (Lipinski definition) is 0. The van der Waals surface area contributed by atoms with E-state index >= 15 is 0 Å². The fourth-order valence-corrected chi connectivity index (χ4v) is 3.83. The fraction of sp³-hybridized carbons (Fsp3) is 0.100. The third-order valence-electron chi connectivity index (χ3n) is 4.30. The second kappa shape index (κ2) is 5.71. The number of thiazole rings is 1. The van der Waals surface area contributed by atoms with E-state index in [1.54, 1.807) is 23.0 Å². The molecule has 0 saturated carbocycles. The van der Waals surface area contributed by atoms with Crippen molar-refractivity contribution in [2.75, 3.05) is 7.11 Å². The molecule has 5 rings (SSSR count). The molecule has 5 aromatic rings. The van der Waals surface area contributed by atoms with Crippen LogP contribution in [-0.2, 0) is 0 Å². The minimum absolute atomic E-state index is 0.700. The Balaban J connectivity index is 1.52. The van der Waals surface area contributed by atoms with Gasteiger partial charge in [-0.1, -0.05) is 23.0 Å². The first-order valence-electron chi connectivity index (χ1n) is 8.21. The van der Waals surface area contributed by atoms with Gasteiger partial charge in [0.1, 0.15) is 17.1 Å². The number of rotatable bonds is 3. The number of ether oxygens (including phenoxy) is 1. The van der Waals surface area contributed by atoms with E-state index in [1.807, 2.05) is 36.5 Å². The average Bonchev–Trinajstić information content (AvgIpc) is 3.33. The predicted octanol–water partition coefficient (Wildman–Crippen LogP) is 5.19. The number of furan rings is 1. The minimum Gasteiger partial charge on any atom is -0.497 e. The van der Waals surface area contributed by atoms with E-state index in [2.05, 4.69) is 35.2 Å². The summed E-state index contributed by atoms with van der Waals surface area (Å²) in [5.74, 6) is 2.36. The summed E-state index contributed by atoms with van der Waals surface area (Å²) in [5.41, 5.74) is 3.07. The molecule has 3 heterocycles. The van der Waals surface area contributed by atoms with Crippen molar-refractivity contribution in [3.63, 3.8) is 0 Å². The highest BCUT2D eigenvalue weighted by Crippen LogP contribution is 2.33. The molecule has 0 saturated heterocycles. The molecular formula is C20H15N3O2S. The molecule has 0 unspecified atom stereocenters. The summed E-state index contributed by atoms with van der Waals surface area (Å²) in [6.07, 6.45) is 1.96. The van der Waals surface area contributed by atoms with Gasteiger partial charge < -0.3 is 9.15 Å². The zero-order valence-corrected chi connectivity index (χ0v) is 15.1. The lowest BCUT2D eigenvalue weighted by molar-refractivity contribution is 0.415. The molecule has 0 amide bonds. The van der Waals surface area contributed by atoms with Crippen molar-refractivity contribution >= 4 is 27.3 Å². The first-order chi connectivity index (χ1) is 12.7. The Hall–Kier alpha value is -3.12. The van der Waals surface area contributed by atoms with E-state index in [1.165, 1.54) is 5.56 Å². The lowest BCUT2D eigenvalue weighted by Gasteiger charge is -1.99. The van der Waals surface area contributed by atoms with E-state index in [9.17, 15) is 0 Å². The monoisotopic (exact) mass is 361 g/mol. The maximum atomic E-state index is 5.98. The van der Waals surface area contributed by atoms with Crippen LogP contribution in [0.2, 0.25) is 0 Å². The fourth-order valence-electron chi connectivity index (χ4n) is 2.96. The van der Waals surface area contributed by atoms with Crippen molar-refractivity contribution in [2.45, 2.75) is 6.92 Å². The van der Waals surface area contributed by atoms with Gasteiger partial charge in [-0.25, -0.2) is 4.52 Å². The predicted molar refractivity (Wildman–Crippen MR) is 103 cm³/mol. The van der Waals surface area contributed by atoms with Gasteiger partial charge in [0.2, 0.25) is 4.96 Å². The summed E-state index contributed by atoms with van der Waals surface area (Å²) in [7, 11) is 1.65. The van der Waals surface area contributed by atoms with Crippen LogP contribution in [0.25, 0.3) is 38.0 Å². The Labute approximate surface area is 153 Å². The number of benzene rings is 2. The molecule has 6 heteroatoms. The molecular weight excluding hydrogens is 346 g/mol. The standard InChI is InChI=1S/C20H15N3O2S/c1-12-3-8-16-14(9-12)10-17(25-16)18-11-23-20(26-18)21-19(22-23)13-4-6-15(24-2)7-5-13/h3-11H,1-2H3. The minimum atomic E-state index is 0.700. The highest BCUT2D eigenvalue weighted by atomic mass is 32.1. The van der Waals surface area contributed by atoms with Crippen molar-refractivity contribution in [3.8, 4) is 27.8 Å². The molecule has 2 aromatic carbocycles. The molecule has 0 spiro atoms. The molecule has 0 aliphatic rings. The lowest BCUT2D eigenvalue weighted by atomic mass is 10.2. The SMILES string of the molecule is COc1ccc(-c2nc3sc(-c4cc5cc(C)ccc5o4)cn3n2)cc1. The maximum absolute atomic E-state index is 5.98. The van der Waals surface area contributed by atoms with Crippen LogP contribution in [0.5, 0.6) is 5.75 Å². The Morgan fingerprint density at radius 1 is 1.08 bits per heavy atom. The van der Waals surface area contributed by atoms with Crippen molar-refractivity contribution in [1.29, 1.82) is 0 Å². The molecule has 26 heavy (non-hydrogen) atoms. The van der Waals surface area contributed by atoms with Gasteiger partial charge in [-0.05, 0) is 49.4 Å². The first-order valence-corrected chi connectivity index (χ1v) is 9.02. The first kappa shape index (κ1) is 15.2. The highest BCUT2D eigenvalue weighted by molar-refractivity contribution is 7.20. The van der Waals surface area contributed by atoms with Gasteiger partial charge in [0.25, 0.3) is 0 Å². The Bertz CT molecular complexity index is 1200. The number of methoxy groups -OCH3 is 1. The van der Waals surface area contributed by atoms with E-state index in [0.717, 1.165) is 37.9 Å². The van der Waals surface area contributed by atoms with Crippen LogP contribution in [-0.4, -0.2) is 21.7 Å². The van der Waals surface area contributed by atoms with Gasteiger partial charge in [-0.2, -0.15) is 4.98 Å². The van der Waals surface area contributed by atoms with Crippen molar-refractivity contribution < 1.29 is 9.15 Å². The third kappa shape index (κ3) is 2.46. The molecule has 0 fully saturated rings. The summed E-state index contributed by atoms with van der Waals surface area (Å²) >= 11 is 1.56. The Morgan fingerprint density at radius 3 is 2.69 bits per heavy atom. The third-order valence-corrected chi connectivity index (χ3v) is 5.29. The number of hydrogen-bond acceptors (Lipinski definition) is 5. The van der Waals surface area contributed by atoms with Gasteiger partial charge in [0.05, 0.1) is 18.2 Å². The molecule has 0 atom stereocenters. The van der Waals surface area contributed by atoms with E-state index in [-0.39, 0.29) is 0 Å². The van der Waals surface area contributed by atoms with Gasteiger partial charge in [0, 0.05) is 10.9 Å². The number of aromatic nitrogens is 3. The molecule has 0 bridgehead atoms. The van der Waals surface area contributed by atoms with Crippen molar-refractivity contribution in [2.24, 2.45) is 0 Å². The van der Waals surface area contributed by atoms with E-state index < -0.39 is 0 Å². The van der Waals surface area contributed by atoms with Crippen molar-refractivity contribution in [1.82, 2.24) is 14.6 Å². The second-order valence-electron chi connectivity index (χ2n) is 6.14. The normalized spacial score (nSPS) is 11.5. The van der Waals surface area contributed by atoms with Gasteiger partial charge in [-0.15, -0.1) is 5.10 Å². The van der Waals surface area contributed by atoms with Crippen LogP contribution in [0.4, 0.5) is 0 Å². The van der Waals surface area contributed by atoms with Gasteiger partial charge in [-0.3, -0.25) is 0 Å². The maximum Gasteiger partial charge on any atom is 0.213 e. The summed E-state index contributed by atoms with van der Waals surface area (Å²) < 4.78 is 13.0. The summed E-state index contributed by atoms with van der Waals surface area (Å²) in [6.45, 7) is 2.08. The zero-order chi connectivity index (χ0) is 17.7.